The van der Waals surface area contributed by atoms with Gasteiger partial charge in [0.25, 0.3) is 5.91 Å². The van der Waals surface area contributed by atoms with Crippen molar-refractivity contribution < 1.29 is 9.18 Å². The number of fused-ring (bicyclic) bond motifs is 2. The van der Waals surface area contributed by atoms with Gasteiger partial charge in [-0.3, -0.25) is 4.79 Å². The molecule has 2 aliphatic rings. The molecule has 6 heteroatoms. The Bertz CT molecular complexity index is 1150. The smallest absolute Gasteiger partial charge is 0.256 e. The van der Waals surface area contributed by atoms with E-state index in [1.807, 2.05) is 47.4 Å². The summed E-state index contributed by atoms with van der Waals surface area (Å²) in [6, 6.07) is 21.4. The van der Waals surface area contributed by atoms with E-state index >= 15 is 0 Å². The van der Waals surface area contributed by atoms with E-state index in [0.717, 1.165) is 21.7 Å². The third kappa shape index (κ3) is 2.84. The summed E-state index contributed by atoms with van der Waals surface area (Å²) in [5.74, 6) is -0.510. The Morgan fingerprint density at radius 3 is 2.40 bits per heavy atom. The molecular weight excluding hydrogens is 419 g/mol. The highest BCUT2D eigenvalue weighted by Crippen LogP contribution is 2.45. The molecule has 2 aliphatic heterocycles. The second-order valence-corrected chi connectivity index (χ2v) is 8.40. The minimum absolute atomic E-state index is 0.144. The molecule has 1 fully saturated rings. The van der Waals surface area contributed by atoms with Crippen molar-refractivity contribution >= 4 is 34.7 Å². The van der Waals surface area contributed by atoms with Crippen LogP contribution in [0.5, 0.6) is 0 Å². The van der Waals surface area contributed by atoms with Crippen molar-refractivity contribution in [2.24, 2.45) is 0 Å². The van der Waals surface area contributed by atoms with Crippen LogP contribution < -0.4 is 0 Å². The van der Waals surface area contributed by atoms with Gasteiger partial charge in [0.2, 0.25) is 0 Å². The number of hydrogen-bond donors (Lipinski definition) is 0. The fraction of sp³-hybridized carbons (Fsp3) is 0.167. The van der Waals surface area contributed by atoms with E-state index in [4.69, 9.17) is 23.8 Å². The van der Waals surface area contributed by atoms with Gasteiger partial charge in [-0.1, -0.05) is 60.2 Å². The Morgan fingerprint density at radius 1 is 0.967 bits per heavy atom. The van der Waals surface area contributed by atoms with Gasteiger partial charge >= 0.3 is 0 Å². The Kier molecular flexibility index (Phi) is 4.60. The topological polar surface area (TPSA) is 23.6 Å². The average Bonchev–Trinajstić information content (AvgIpc) is 3.15. The number of thiocarbonyl (C=S) groups is 1. The summed E-state index contributed by atoms with van der Waals surface area (Å²) in [5, 5.41) is 0.634. The first-order valence-corrected chi connectivity index (χ1v) is 10.5. The van der Waals surface area contributed by atoms with Crippen LogP contribution in [0.2, 0.25) is 5.02 Å². The lowest BCUT2D eigenvalue weighted by Crippen LogP contribution is -2.58. The van der Waals surface area contributed by atoms with Gasteiger partial charge in [-0.05, 0) is 47.5 Å². The number of rotatable bonds is 2. The van der Waals surface area contributed by atoms with Gasteiger partial charge in [-0.25, -0.2) is 4.39 Å². The van der Waals surface area contributed by atoms with E-state index in [1.54, 1.807) is 0 Å². The highest BCUT2D eigenvalue weighted by atomic mass is 35.5. The molecular formula is C24H18ClFN2OS. The summed E-state index contributed by atoms with van der Waals surface area (Å²) in [6.45, 7) is 1.15. The summed E-state index contributed by atoms with van der Waals surface area (Å²) < 4.78 is 13.4. The van der Waals surface area contributed by atoms with Gasteiger partial charge < -0.3 is 9.80 Å². The molecule has 0 N–H and O–H groups in total. The van der Waals surface area contributed by atoms with Crippen molar-refractivity contribution in [2.75, 3.05) is 13.1 Å². The van der Waals surface area contributed by atoms with E-state index < -0.39 is 5.66 Å². The predicted octanol–water partition coefficient (Wildman–Crippen LogP) is 5.02. The quantitative estimate of drug-likeness (QED) is 0.527. The molecule has 1 saturated heterocycles. The molecule has 0 aliphatic carbocycles. The summed E-state index contributed by atoms with van der Waals surface area (Å²) >= 11 is 12.0. The number of amides is 1. The van der Waals surface area contributed by atoms with Crippen LogP contribution in [0.1, 0.15) is 27.0 Å². The van der Waals surface area contributed by atoms with Crippen LogP contribution in [0.15, 0.2) is 72.8 Å². The average molecular weight is 437 g/mol. The molecule has 0 spiro atoms. The highest BCUT2D eigenvalue weighted by Gasteiger charge is 2.54. The van der Waals surface area contributed by atoms with Crippen molar-refractivity contribution in [1.29, 1.82) is 0 Å². The third-order valence-electron chi connectivity index (χ3n) is 6.01. The van der Waals surface area contributed by atoms with Crippen LogP contribution in [0.25, 0.3) is 0 Å². The van der Waals surface area contributed by atoms with Crippen LogP contribution in [0, 0.1) is 5.82 Å². The van der Waals surface area contributed by atoms with E-state index in [0.29, 0.717) is 30.1 Å². The molecule has 150 valence electrons. The van der Waals surface area contributed by atoms with Crippen LogP contribution in [-0.4, -0.2) is 33.8 Å². The Morgan fingerprint density at radius 2 is 1.67 bits per heavy atom. The molecule has 0 bridgehead atoms. The first-order chi connectivity index (χ1) is 14.5. The Hall–Kier alpha value is -2.76. The SMILES string of the molecule is O=C(c1ccc(F)cc1)N1CCN2C(=S)c3ccccc3CC12c1ccc(Cl)cc1. The number of nitrogens with zero attached hydrogens (tertiary/aromatic N) is 2. The van der Waals surface area contributed by atoms with E-state index in [2.05, 4.69) is 11.0 Å². The van der Waals surface area contributed by atoms with Gasteiger partial charge in [0.1, 0.15) is 16.5 Å². The number of halogens is 2. The summed E-state index contributed by atoms with van der Waals surface area (Å²) in [7, 11) is 0. The normalized spacial score (nSPS) is 20.1. The maximum absolute atomic E-state index is 13.6. The van der Waals surface area contributed by atoms with Crippen molar-refractivity contribution in [1.82, 2.24) is 9.80 Å². The fourth-order valence-corrected chi connectivity index (χ4v) is 5.19. The Labute approximate surface area is 184 Å². The Balaban J connectivity index is 1.68. The minimum Gasteiger partial charge on any atom is -0.333 e. The molecule has 3 aromatic rings. The molecule has 0 aromatic heterocycles. The van der Waals surface area contributed by atoms with Crippen LogP contribution in [-0.2, 0) is 12.1 Å². The molecule has 1 atom stereocenters. The maximum atomic E-state index is 13.6. The standard InChI is InChI=1S/C24H18ClFN2OS/c25-19-9-7-18(8-10-19)24-15-17-3-1-2-4-21(17)23(30)28(24)14-13-27(24)22(29)16-5-11-20(26)12-6-16/h1-12H,13-15H2. The van der Waals surface area contributed by atoms with Crippen molar-refractivity contribution in [3.8, 4) is 0 Å². The lowest BCUT2D eigenvalue weighted by atomic mass is 9.84. The lowest BCUT2D eigenvalue weighted by molar-refractivity contribution is 0.0339. The molecule has 3 nitrogen and oxygen atoms in total. The molecule has 1 unspecified atom stereocenters. The molecule has 1 amide bonds. The van der Waals surface area contributed by atoms with Gasteiger partial charge in [0.05, 0.1) is 0 Å². The van der Waals surface area contributed by atoms with Gasteiger partial charge in [0, 0.05) is 35.7 Å². The van der Waals surface area contributed by atoms with Crippen molar-refractivity contribution in [3.05, 3.63) is 106 Å². The summed E-state index contributed by atoms with van der Waals surface area (Å²) in [4.78, 5) is 18.3. The summed E-state index contributed by atoms with van der Waals surface area (Å²) in [6.07, 6.45) is 0.609. The van der Waals surface area contributed by atoms with Gasteiger partial charge in [-0.2, -0.15) is 0 Å². The van der Waals surface area contributed by atoms with E-state index in [9.17, 15) is 9.18 Å². The van der Waals surface area contributed by atoms with Crippen LogP contribution in [0.4, 0.5) is 4.39 Å². The zero-order chi connectivity index (χ0) is 20.9. The van der Waals surface area contributed by atoms with Crippen molar-refractivity contribution in [3.63, 3.8) is 0 Å². The molecule has 0 radical (unpaired) electrons. The lowest BCUT2D eigenvalue weighted by Gasteiger charge is -2.48. The molecule has 0 saturated carbocycles. The second kappa shape index (κ2) is 7.18. The zero-order valence-electron chi connectivity index (χ0n) is 16.0. The number of hydrogen-bond acceptors (Lipinski definition) is 2. The predicted molar refractivity (Wildman–Crippen MR) is 119 cm³/mol. The minimum atomic E-state index is -0.749. The largest absolute Gasteiger partial charge is 0.333 e. The number of carbonyl (C=O) groups excluding carboxylic acids is 1. The van der Waals surface area contributed by atoms with Crippen LogP contribution >= 0.6 is 23.8 Å². The monoisotopic (exact) mass is 436 g/mol. The third-order valence-corrected chi connectivity index (χ3v) is 6.71. The number of benzene rings is 3. The number of carbonyl (C=O) groups is 1. The second-order valence-electron chi connectivity index (χ2n) is 7.58. The first kappa shape index (κ1) is 19.2. The molecule has 30 heavy (non-hydrogen) atoms. The maximum Gasteiger partial charge on any atom is 0.256 e. The van der Waals surface area contributed by atoms with E-state index in [-0.39, 0.29) is 11.7 Å². The first-order valence-electron chi connectivity index (χ1n) is 9.74. The van der Waals surface area contributed by atoms with Gasteiger partial charge in [-0.15, -0.1) is 0 Å². The molecule has 3 aromatic carbocycles. The van der Waals surface area contributed by atoms with Crippen molar-refractivity contribution in [2.45, 2.75) is 12.1 Å². The van der Waals surface area contributed by atoms with Gasteiger partial charge in [0.15, 0.2) is 0 Å². The molecule has 5 rings (SSSR count). The highest BCUT2D eigenvalue weighted by molar-refractivity contribution is 7.80. The van der Waals surface area contributed by atoms with E-state index in [1.165, 1.54) is 24.3 Å². The van der Waals surface area contributed by atoms with Crippen LogP contribution in [0.3, 0.4) is 0 Å². The summed E-state index contributed by atoms with van der Waals surface area (Å²) in [5.41, 5.74) is 2.80. The molecule has 2 heterocycles. The fourth-order valence-electron chi connectivity index (χ4n) is 4.62. The zero-order valence-corrected chi connectivity index (χ0v) is 17.6.